The first-order valence-electron chi connectivity index (χ1n) is 7.19. The lowest BCUT2D eigenvalue weighted by molar-refractivity contribution is -0.134. The van der Waals surface area contributed by atoms with E-state index in [4.69, 9.17) is 0 Å². The smallest absolute Gasteiger partial charge is 0.224 e. The average Bonchev–Trinajstić information content (AvgIpc) is 2.72. The molecule has 0 aromatic carbocycles. The minimum absolute atomic E-state index is 0.366. The van der Waals surface area contributed by atoms with Gasteiger partial charge in [-0.2, -0.15) is 0 Å². The van der Waals surface area contributed by atoms with Gasteiger partial charge in [0.2, 0.25) is 5.91 Å². The van der Waals surface area contributed by atoms with Crippen LogP contribution in [0.15, 0.2) is 0 Å². The Morgan fingerprint density at radius 2 is 2.06 bits per heavy atom. The van der Waals surface area contributed by atoms with Gasteiger partial charge in [0.05, 0.1) is 0 Å². The number of nitrogens with zero attached hydrogens (tertiary/aromatic N) is 1. The topological polar surface area (TPSA) is 32.3 Å². The molecule has 1 amide bonds. The van der Waals surface area contributed by atoms with Crippen LogP contribution in [0.3, 0.4) is 0 Å². The van der Waals surface area contributed by atoms with Crippen molar-refractivity contribution in [2.75, 3.05) is 13.1 Å². The van der Waals surface area contributed by atoms with Crippen molar-refractivity contribution in [3.63, 3.8) is 0 Å². The highest BCUT2D eigenvalue weighted by Crippen LogP contribution is 2.22. The van der Waals surface area contributed by atoms with E-state index < -0.39 is 0 Å². The first kappa shape index (κ1) is 12.9. The summed E-state index contributed by atoms with van der Waals surface area (Å²) in [6, 6.07) is 0.877. The molecular formula is C14H26N2O. The van der Waals surface area contributed by atoms with E-state index in [9.17, 15) is 4.79 Å². The third-order valence-electron chi connectivity index (χ3n) is 4.26. The third-order valence-corrected chi connectivity index (χ3v) is 4.26. The Bertz CT molecular complexity index is 261. The largest absolute Gasteiger partial charge is 0.340 e. The van der Waals surface area contributed by atoms with Crippen LogP contribution in [0.2, 0.25) is 0 Å². The number of carbonyl (C=O) groups is 1. The fraction of sp³-hybridized carbons (Fsp3) is 0.929. The van der Waals surface area contributed by atoms with Gasteiger partial charge in [-0.25, -0.2) is 0 Å². The number of rotatable bonds is 2. The molecule has 2 aliphatic rings. The second-order valence-electron chi connectivity index (χ2n) is 5.93. The first-order valence-corrected chi connectivity index (χ1v) is 7.19. The van der Waals surface area contributed by atoms with E-state index in [2.05, 4.69) is 24.1 Å². The molecule has 3 heteroatoms. The highest BCUT2D eigenvalue weighted by Gasteiger charge is 2.27. The number of likely N-dealkylation sites (tertiary alicyclic amines) is 1. The van der Waals surface area contributed by atoms with Crippen molar-refractivity contribution < 1.29 is 4.79 Å². The maximum Gasteiger partial charge on any atom is 0.224 e. The third kappa shape index (κ3) is 3.44. The molecule has 2 fully saturated rings. The van der Waals surface area contributed by atoms with E-state index in [1.54, 1.807) is 0 Å². The van der Waals surface area contributed by atoms with Crippen molar-refractivity contribution in [2.45, 2.75) is 64.5 Å². The Kier molecular flexibility index (Phi) is 4.43. The molecule has 98 valence electrons. The van der Waals surface area contributed by atoms with Gasteiger partial charge >= 0.3 is 0 Å². The zero-order chi connectivity index (χ0) is 12.3. The van der Waals surface area contributed by atoms with Gasteiger partial charge in [0.25, 0.3) is 0 Å². The molecule has 2 rings (SSSR count). The fourth-order valence-corrected chi connectivity index (χ4v) is 3.13. The van der Waals surface area contributed by atoms with Crippen molar-refractivity contribution in [3.05, 3.63) is 0 Å². The van der Waals surface area contributed by atoms with Crippen molar-refractivity contribution in [2.24, 2.45) is 5.92 Å². The van der Waals surface area contributed by atoms with Gasteiger partial charge in [-0.3, -0.25) is 4.79 Å². The van der Waals surface area contributed by atoms with Crippen LogP contribution in [0.5, 0.6) is 0 Å². The predicted molar refractivity (Wildman–Crippen MR) is 69.8 cm³/mol. The first-order chi connectivity index (χ1) is 8.16. The molecule has 3 atom stereocenters. The molecule has 2 saturated heterocycles. The van der Waals surface area contributed by atoms with Gasteiger partial charge in [0.1, 0.15) is 0 Å². The SMILES string of the molecule is CC1CCCC(C)N(C(=O)CC2CCCN2)C1. The Morgan fingerprint density at radius 3 is 2.76 bits per heavy atom. The van der Waals surface area contributed by atoms with Crippen molar-refractivity contribution in [1.82, 2.24) is 10.2 Å². The van der Waals surface area contributed by atoms with E-state index >= 15 is 0 Å². The summed E-state index contributed by atoms with van der Waals surface area (Å²) < 4.78 is 0. The van der Waals surface area contributed by atoms with Crippen molar-refractivity contribution in [1.29, 1.82) is 0 Å². The molecule has 0 radical (unpaired) electrons. The lowest BCUT2D eigenvalue weighted by atomic mass is 10.1. The van der Waals surface area contributed by atoms with E-state index in [0.29, 0.717) is 30.3 Å². The highest BCUT2D eigenvalue weighted by molar-refractivity contribution is 5.77. The standard InChI is InChI=1S/C14H26N2O/c1-11-5-3-6-12(2)16(10-11)14(17)9-13-7-4-8-15-13/h11-13,15H,3-10H2,1-2H3. The van der Waals surface area contributed by atoms with Crippen LogP contribution in [0.25, 0.3) is 0 Å². The summed E-state index contributed by atoms with van der Waals surface area (Å²) in [5, 5.41) is 3.42. The van der Waals surface area contributed by atoms with E-state index in [1.807, 2.05) is 0 Å². The Balaban J connectivity index is 1.90. The molecule has 3 unspecified atom stereocenters. The summed E-state index contributed by atoms with van der Waals surface area (Å²) in [5.41, 5.74) is 0. The van der Waals surface area contributed by atoms with Crippen molar-refractivity contribution in [3.8, 4) is 0 Å². The summed E-state index contributed by atoms with van der Waals surface area (Å²) >= 11 is 0. The van der Waals surface area contributed by atoms with Crippen LogP contribution in [0.4, 0.5) is 0 Å². The minimum atomic E-state index is 0.366. The predicted octanol–water partition coefficient (Wildman–Crippen LogP) is 2.17. The molecule has 2 heterocycles. The maximum absolute atomic E-state index is 12.3. The number of carbonyl (C=O) groups excluding carboxylic acids is 1. The highest BCUT2D eigenvalue weighted by atomic mass is 16.2. The molecule has 0 spiro atoms. The summed E-state index contributed by atoms with van der Waals surface area (Å²) in [6.45, 7) is 6.53. The van der Waals surface area contributed by atoms with Gasteiger partial charge in [-0.15, -0.1) is 0 Å². The minimum Gasteiger partial charge on any atom is -0.340 e. The Labute approximate surface area is 105 Å². The lowest BCUT2D eigenvalue weighted by Crippen LogP contribution is -2.42. The molecule has 0 aliphatic carbocycles. The van der Waals surface area contributed by atoms with Crippen LogP contribution >= 0.6 is 0 Å². The van der Waals surface area contributed by atoms with Gasteiger partial charge in [0.15, 0.2) is 0 Å². The van der Waals surface area contributed by atoms with Gasteiger partial charge in [-0.1, -0.05) is 13.3 Å². The quantitative estimate of drug-likeness (QED) is 0.799. The van der Waals surface area contributed by atoms with Gasteiger partial charge in [-0.05, 0) is 45.1 Å². The monoisotopic (exact) mass is 238 g/mol. The van der Waals surface area contributed by atoms with Crippen molar-refractivity contribution >= 4 is 5.91 Å². The van der Waals surface area contributed by atoms with E-state index in [-0.39, 0.29) is 0 Å². The zero-order valence-corrected chi connectivity index (χ0v) is 11.2. The molecule has 3 nitrogen and oxygen atoms in total. The molecule has 0 aromatic rings. The van der Waals surface area contributed by atoms with E-state index in [0.717, 1.165) is 13.1 Å². The molecule has 17 heavy (non-hydrogen) atoms. The summed E-state index contributed by atoms with van der Waals surface area (Å²) in [6.07, 6.45) is 6.82. The number of nitrogens with one attached hydrogen (secondary N) is 1. The summed E-state index contributed by atoms with van der Waals surface area (Å²) in [7, 11) is 0. The van der Waals surface area contributed by atoms with Crippen LogP contribution in [0.1, 0.15) is 52.4 Å². The zero-order valence-electron chi connectivity index (χ0n) is 11.2. The van der Waals surface area contributed by atoms with Gasteiger partial charge in [0, 0.05) is 25.0 Å². The lowest BCUT2D eigenvalue weighted by Gasteiger charge is -2.29. The number of hydrogen-bond donors (Lipinski definition) is 1. The Morgan fingerprint density at radius 1 is 1.24 bits per heavy atom. The second kappa shape index (κ2) is 5.85. The van der Waals surface area contributed by atoms with Gasteiger partial charge < -0.3 is 10.2 Å². The fourth-order valence-electron chi connectivity index (χ4n) is 3.13. The normalized spacial score (nSPS) is 34.7. The van der Waals surface area contributed by atoms with E-state index in [1.165, 1.54) is 32.1 Å². The van der Waals surface area contributed by atoms with Crippen LogP contribution in [-0.2, 0) is 4.79 Å². The number of hydrogen-bond acceptors (Lipinski definition) is 2. The average molecular weight is 238 g/mol. The van der Waals surface area contributed by atoms with Crippen LogP contribution < -0.4 is 5.32 Å². The molecule has 0 saturated carbocycles. The van der Waals surface area contributed by atoms with Crippen LogP contribution in [-0.4, -0.2) is 36.0 Å². The number of amides is 1. The van der Waals surface area contributed by atoms with Crippen LogP contribution in [0, 0.1) is 5.92 Å². The molecular weight excluding hydrogens is 212 g/mol. The molecule has 1 N–H and O–H groups in total. The Hall–Kier alpha value is -0.570. The molecule has 0 aromatic heterocycles. The summed E-state index contributed by atoms with van der Waals surface area (Å²) in [5.74, 6) is 1.03. The molecule has 0 bridgehead atoms. The second-order valence-corrected chi connectivity index (χ2v) is 5.93. The maximum atomic E-state index is 12.3. The molecule has 2 aliphatic heterocycles. The summed E-state index contributed by atoms with van der Waals surface area (Å²) in [4.78, 5) is 14.5.